The molecule has 3 heteroatoms. The van der Waals surface area contributed by atoms with E-state index in [1.807, 2.05) is 22.9 Å². The molecule has 2 rings (SSSR count). The molecule has 0 aliphatic carbocycles. The van der Waals surface area contributed by atoms with E-state index in [1.165, 1.54) is 16.2 Å². The van der Waals surface area contributed by atoms with E-state index in [0.717, 1.165) is 16.7 Å². The van der Waals surface area contributed by atoms with Gasteiger partial charge in [0, 0.05) is 15.8 Å². The van der Waals surface area contributed by atoms with Crippen LogP contribution in [0.25, 0.3) is 10.4 Å². The van der Waals surface area contributed by atoms with Crippen LogP contribution in [-0.2, 0) is 0 Å². The Labute approximate surface area is 78.3 Å². The molecule has 0 aliphatic heterocycles. The average molecular weight is 194 g/mol. The van der Waals surface area contributed by atoms with Crippen LogP contribution in [0.3, 0.4) is 0 Å². The largest absolute Gasteiger partial charge is 0.297 e. The van der Waals surface area contributed by atoms with Crippen molar-refractivity contribution in [3.8, 4) is 10.4 Å². The maximum absolute atomic E-state index is 10.4. The predicted octanol–water partition coefficient (Wildman–Crippen LogP) is 3.29. The molecule has 0 aromatic carbocycles. The second-order valence-electron chi connectivity index (χ2n) is 2.33. The van der Waals surface area contributed by atoms with E-state index in [1.54, 1.807) is 11.3 Å². The van der Waals surface area contributed by atoms with Gasteiger partial charge in [0.1, 0.15) is 0 Å². The van der Waals surface area contributed by atoms with Gasteiger partial charge in [-0.1, -0.05) is 6.07 Å². The summed E-state index contributed by atoms with van der Waals surface area (Å²) in [5, 5.41) is 4.04. The molecule has 0 amide bonds. The van der Waals surface area contributed by atoms with Crippen molar-refractivity contribution >= 4 is 29.0 Å². The lowest BCUT2D eigenvalue weighted by Crippen LogP contribution is -1.66. The lowest BCUT2D eigenvalue weighted by atomic mass is 10.3. The van der Waals surface area contributed by atoms with Crippen molar-refractivity contribution in [1.29, 1.82) is 0 Å². The van der Waals surface area contributed by atoms with Crippen LogP contribution in [0, 0.1) is 0 Å². The van der Waals surface area contributed by atoms with E-state index in [-0.39, 0.29) is 0 Å². The number of thiophene rings is 2. The fourth-order valence-corrected chi connectivity index (χ4v) is 2.48. The summed E-state index contributed by atoms with van der Waals surface area (Å²) in [5.74, 6) is 0. The number of hydrogen-bond donors (Lipinski definition) is 0. The Bertz CT molecular complexity index is 373. The first-order valence-corrected chi connectivity index (χ1v) is 5.23. The predicted molar refractivity (Wildman–Crippen MR) is 53.0 cm³/mol. The standard InChI is InChI=1S/C9H6OS2/c10-5-8-4-7(6-12-8)9-2-1-3-11-9/h1-6H. The minimum Gasteiger partial charge on any atom is -0.297 e. The molecule has 0 atom stereocenters. The van der Waals surface area contributed by atoms with Gasteiger partial charge in [0.25, 0.3) is 0 Å². The minimum absolute atomic E-state index is 0.790. The van der Waals surface area contributed by atoms with Gasteiger partial charge in [-0.3, -0.25) is 4.79 Å². The first-order chi connectivity index (χ1) is 5.90. The van der Waals surface area contributed by atoms with E-state index in [0.29, 0.717) is 0 Å². The fourth-order valence-electron chi connectivity index (χ4n) is 0.987. The summed E-state index contributed by atoms with van der Waals surface area (Å²) in [6.45, 7) is 0. The Morgan fingerprint density at radius 1 is 1.33 bits per heavy atom. The quantitative estimate of drug-likeness (QED) is 0.670. The smallest absolute Gasteiger partial charge is 0.160 e. The molecule has 0 fully saturated rings. The van der Waals surface area contributed by atoms with Crippen LogP contribution in [0.1, 0.15) is 9.67 Å². The van der Waals surface area contributed by atoms with Crippen LogP contribution in [0.15, 0.2) is 29.0 Å². The topological polar surface area (TPSA) is 17.1 Å². The van der Waals surface area contributed by atoms with Crippen molar-refractivity contribution in [2.45, 2.75) is 0 Å². The monoisotopic (exact) mass is 194 g/mol. The summed E-state index contributed by atoms with van der Waals surface area (Å²) >= 11 is 3.18. The SMILES string of the molecule is O=Cc1cc(-c2cccs2)cs1. The van der Waals surface area contributed by atoms with Crippen molar-refractivity contribution in [2.24, 2.45) is 0 Å². The Morgan fingerprint density at radius 2 is 2.25 bits per heavy atom. The Balaban J connectivity index is 2.41. The van der Waals surface area contributed by atoms with Crippen molar-refractivity contribution in [2.75, 3.05) is 0 Å². The van der Waals surface area contributed by atoms with Gasteiger partial charge < -0.3 is 0 Å². The molecule has 0 bridgehead atoms. The van der Waals surface area contributed by atoms with Gasteiger partial charge in [0.05, 0.1) is 4.88 Å². The molecule has 0 saturated carbocycles. The van der Waals surface area contributed by atoms with Crippen molar-refractivity contribution < 1.29 is 4.79 Å². The maximum Gasteiger partial charge on any atom is 0.160 e. The minimum atomic E-state index is 0.790. The third-order valence-corrected chi connectivity index (χ3v) is 3.32. The molecule has 0 saturated heterocycles. The fraction of sp³-hybridized carbons (Fsp3) is 0. The zero-order chi connectivity index (χ0) is 8.39. The number of aldehydes is 1. The number of carbonyl (C=O) groups is 1. The van der Waals surface area contributed by atoms with Gasteiger partial charge in [-0.05, 0) is 17.5 Å². The highest BCUT2D eigenvalue weighted by atomic mass is 32.1. The number of hydrogen-bond acceptors (Lipinski definition) is 3. The average Bonchev–Trinajstić information content (AvgIpc) is 2.75. The Morgan fingerprint density at radius 3 is 2.83 bits per heavy atom. The molecule has 0 aliphatic rings. The Hall–Kier alpha value is -0.930. The summed E-state index contributed by atoms with van der Waals surface area (Å²) in [6.07, 6.45) is 0.891. The third kappa shape index (κ3) is 1.33. The summed E-state index contributed by atoms with van der Waals surface area (Å²) < 4.78 is 0. The molecule has 2 heterocycles. The third-order valence-electron chi connectivity index (χ3n) is 1.54. The molecular weight excluding hydrogens is 188 g/mol. The maximum atomic E-state index is 10.4. The molecule has 0 radical (unpaired) electrons. The summed E-state index contributed by atoms with van der Waals surface area (Å²) in [4.78, 5) is 12.4. The molecule has 60 valence electrons. The van der Waals surface area contributed by atoms with Crippen molar-refractivity contribution in [1.82, 2.24) is 0 Å². The molecule has 0 unspecified atom stereocenters. The number of rotatable bonds is 2. The van der Waals surface area contributed by atoms with E-state index >= 15 is 0 Å². The first kappa shape index (κ1) is 7.71. The van der Waals surface area contributed by atoms with E-state index < -0.39 is 0 Å². The van der Waals surface area contributed by atoms with Gasteiger partial charge >= 0.3 is 0 Å². The van der Waals surface area contributed by atoms with E-state index in [9.17, 15) is 4.79 Å². The number of carbonyl (C=O) groups excluding carboxylic acids is 1. The van der Waals surface area contributed by atoms with Gasteiger partial charge in [-0.25, -0.2) is 0 Å². The van der Waals surface area contributed by atoms with Crippen LogP contribution in [0.4, 0.5) is 0 Å². The zero-order valence-corrected chi connectivity index (χ0v) is 7.82. The van der Waals surface area contributed by atoms with Crippen molar-refractivity contribution in [3.63, 3.8) is 0 Å². The highest BCUT2D eigenvalue weighted by Crippen LogP contribution is 2.28. The molecule has 0 spiro atoms. The molecule has 1 nitrogen and oxygen atoms in total. The summed E-state index contributed by atoms with van der Waals surface area (Å²) in [7, 11) is 0. The molecule has 12 heavy (non-hydrogen) atoms. The summed E-state index contributed by atoms with van der Waals surface area (Å²) in [5.41, 5.74) is 1.15. The van der Waals surface area contributed by atoms with Gasteiger partial charge in [0.15, 0.2) is 6.29 Å². The lowest BCUT2D eigenvalue weighted by molar-refractivity contribution is 0.112. The van der Waals surface area contributed by atoms with Crippen molar-refractivity contribution in [3.05, 3.63) is 33.8 Å². The molecule has 2 aromatic heterocycles. The Kier molecular flexibility index (Phi) is 2.06. The zero-order valence-electron chi connectivity index (χ0n) is 6.19. The van der Waals surface area contributed by atoms with E-state index in [4.69, 9.17) is 0 Å². The van der Waals surface area contributed by atoms with Crippen LogP contribution >= 0.6 is 22.7 Å². The van der Waals surface area contributed by atoms with Gasteiger partial charge in [0.2, 0.25) is 0 Å². The van der Waals surface area contributed by atoms with Crippen LogP contribution in [0.5, 0.6) is 0 Å². The first-order valence-electron chi connectivity index (χ1n) is 3.48. The highest BCUT2D eigenvalue weighted by Gasteiger charge is 2.01. The highest BCUT2D eigenvalue weighted by molar-refractivity contribution is 7.15. The van der Waals surface area contributed by atoms with Gasteiger partial charge in [-0.2, -0.15) is 0 Å². The second kappa shape index (κ2) is 3.21. The normalized spacial score (nSPS) is 10.0. The second-order valence-corrected chi connectivity index (χ2v) is 4.22. The van der Waals surface area contributed by atoms with Crippen LogP contribution < -0.4 is 0 Å². The van der Waals surface area contributed by atoms with Gasteiger partial charge in [-0.15, -0.1) is 22.7 Å². The van der Waals surface area contributed by atoms with Crippen LogP contribution in [-0.4, -0.2) is 6.29 Å². The molecule has 0 N–H and O–H groups in total. The van der Waals surface area contributed by atoms with Crippen LogP contribution in [0.2, 0.25) is 0 Å². The lowest BCUT2D eigenvalue weighted by Gasteiger charge is -1.86. The summed E-state index contributed by atoms with van der Waals surface area (Å²) in [6, 6.07) is 5.99. The molecule has 2 aromatic rings. The molecular formula is C9H6OS2. The van der Waals surface area contributed by atoms with E-state index in [2.05, 4.69) is 6.07 Å².